The van der Waals surface area contributed by atoms with Gasteiger partial charge in [-0.3, -0.25) is 9.69 Å². The van der Waals surface area contributed by atoms with Crippen molar-refractivity contribution in [1.29, 1.82) is 0 Å². The van der Waals surface area contributed by atoms with Crippen LogP contribution in [-0.2, 0) is 4.74 Å². The van der Waals surface area contributed by atoms with Crippen LogP contribution in [0.5, 0.6) is 0 Å². The normalized spacial score (nSPS) is 15.2. The second kappa shape index (κ2) is 5.57. The van der Waals surface area contributed by atoms with Crippen molar-refractivity contribution in [2.45, 2.75) is 32.8 Å². The fraction of sp³-hybridized carbons (Fsp3) is 0.462. The third-order valence-electron chi connectivity index (χ3n) is 2.74. The van der Waals surface area contributed by atoms with Gasteiger partial charge < -0.3 is 4.74 Å². The van der Waals surface area contributed by atoms with Crippen LogP contribution in [0.15, 0.2) is 12.1 Å². The molecule has 1 amide bonds. The highest BCUT2D eigenvalue weighted by molar-refractivity contribution is 6.29. The number of aromatic nitrogens is 1. The molecule has 102 valence electrons. The smallest absolute Gasteiger partial charge is 0.414 e. The second-order valence-corrected chi connectivity index (χ2v) is 5.00. The van der Waals surface area contributed by atoms with Gasteiger partial charge in [0.05, 0.1) is 11.8 Å². The Hall–Kier alpha value is -1.62. The largest absolute Gasteiger partial charge is 0.446 e. The number of anilines is 1. The molecule has 19 heavy (non-hydrogen) atoms. The van der Waals surface area contributed by atoms with E-state index in [0.29, 0.717) is 25.1 Å². The monoisotopic (exact) mass is 282 g/mol. The molecule has 0 aliphatic carbocycles. The Labute approximate surface area is 116 Å². The van der Waals surface area contributed by atoms with Crippen LogP contribution in [0.4, 0.5) is 10.5 Å². The number of ether oxygens (including phenoxy) is 1. The first-order valence-corrected chi connectivity index (χ1v) is 6.54. The van der Waals surface area contributed by atoms with E-state index in [2.05, 4.69) is 4.98 Å². The Kier molecular flexibility index (Phi) is 4.04. The van der Waals surface area contributed by atoms with E-state index in [1.165, 1.54) is 4.90 Å². The third kappa shape index (κ3) is 3.04. The summed E-state index contributed by atoms with van der Waals surface area (Å²) in [6.45, 7) is 4.00. The molecule has 5 nitrogen and oxygen atoms in total. The molecule has 0 radical (unpaired) electrons. The van der Waals surface area contributed by atoms with Gasteiger partial charge >= 0.3 is 6.09 Å². The molecule has 0 saturated carbocycles. The fourth-order valence-corrected chi connectivity index (χ4v) is 2.09. The van der Waals surface area contributed by atoms with Gasteiger partial charge in [0.25, 0.3) is 0 Å². The van der Waals surface area contributed by atoms with Gasteiger partial charge in [-0.25, -0.2) is 9.78 Å². The Bertz CT molecular complexity index is 517. The molecular formula is C13H15ClN2O3. The molecular weight excluding hydrogens is 268 g/mol. The molecule has 0 N–H and O–H groups in total. The summed E-state index contributed by atoms with van der Waals surface area (Å²) < 4.78 is 5.18. The van der Waals surface area contributed by atoms with Crippen molar-refractivity contribution < 1.29 is 14.3 Å². The molecule has 1 aliphatic rings. The number of hydrogen-bond acceptors (Lipinski definition) is 4. The number of nitrogens with zero attached hydrogens (tertiary/aromatic N) is 2. The van der Waals surface area contributed by atoms with E-state index in [0.717, 1.165) is 0 Å². The number of Topliss-reactive ketones (excluding diaryl/α,β-unsaturated/α-hetero) is 1. The molecule has 0 aromatic carbocycles. The van der Waals surface area contributed by atoms with Crippen molar-refractivity contribution in [2.24, 2.45) is 0 Å². The molecule has 0 spiro atoms. The summed E-state index contributed by atoms with van der Waals surface area (Å²) in [6.07, 6.45) is 0.261. The van der Waals surface area contributed by atoms with Gasteiger partial charge in [-0.1, -0.05) is 11.6 Å². The number of ketones is 1. The number of amides is 1. The number of carbonyl (C=O) groups excluding carboxylic acids is 2. The summed E-state index contributed by atoms with van der Waals surface area (Å²) in [6, 6.07) is 3.20. The molecule has 1 aromatic heterocycles. The number of fused-ring (bicyclic) bond motifs is 1. The maximum Gasteiger partial charge on any atom is 0.414 e. The maximum absolute atomic E-state index is 12.0. The second-order valence-electron chi connectivity index (χ2n) is 4.61. The van der Waals surface area contributed by atoms with Crippen molar-refractivity contribution >= 4 is 29.2 Å². The average molecular weight is 283 g/mol. The van der Waals surface area contributed by atoms with Crippen LogP contribution in [0.2, 0.25) is 5.15 Å². The van der Waals surface area contributed by atoms with E-state index < -0.39 is 6.09 Å². The van der Waals surface area contributed by atoms with E-state index in [1.807, 2.05) is 0 Å². The minimum Gasteiger partial charge on any atom is -0.446 e. The fourth-order valence-electron chi connectivity index (χ4n) is 1.94. The van der Waals surface area contributed by atoms with Gasteiger partial charge in [0, 0.05) is 13.0 Å². The van der Waals surface area contributed by atoms with Crippen molar-refractivity contribution in [1.82, 2.24) is 4.98 Å². The van der Waals surface area contributed by atoms with Gasteiger partial charge in [0.2, 0.25) is 0 Å². The zero-order valence-electron chi connectivity index (χ0n) is 10.9. The highest BCUT2D eigenvalue weighted by atomic mass is 35.5. The Morgan fingerprint density at radius 1 is 1.47 bits per heavy atom. The standard InChI is InChI=1S/C13H15ClN2O3/c1-8(2)19-13(18)16-7-3-4-10(17)12-9(16)5-6-11(14)15-12/h5-6,8H,3-4,7H2,1-2H3. The van der Waals surface area contributed by atoms with Gasteiger partial charge in [0.1, 0.15) is 10.8 Å². The molecule has 0 fully saturated rings. The van der Waals surface area contributed by atoms with E-state index in [4.69, 9.17) is 16.3 Å². The third-order valence-corrected chi connectivity index (χ3v) is 2.95. The number of pyridine rings is 1. The minimum absolute atomic E-state index is 0.0997. The van der Waals surface area contributed by atoms with Gasteiger partial charge in [-0.2, -0.15) is 0 Å². The predicted molar refractivity (Wildman–Crippen MR) is 71.8 cm³/mol. The van der Waals surface area contributed by atoms with Crippen LogP contribution in [0.3, 0.4) is 0 Å². The molecule has 0 saturated heterocycles. The summed E-state index contributed by atoms with van der Waals surface area (Å²) in [7, 11) is 0. The van der Waals surface area contributed by atoms with Gasteiger partial charge in [0.15, 0.2) is 5.78 Å². The SMILES string of the molecule is CC(C)OC(=O)N1CCCC(=O)c2nc(Cl)ccc21. The zero-order chi connectivity index (χ0) is 14.0. The van der Waals surface area contributed by atoms with Crippen LogP contribution < -0.4 is 4.90 Å². The number of carbonyl (C=O) groups is 2. The molecule has 6 heteroatoms. The maximum atomic E-state index is 12.0. The first-order chi connectivity index (χ1) is 8.99. The quantitative estimate of drug-likeness (QED) is 0.743. The lowest BCUT2D eigenvalue weighted by atomic mass is 10.1. The van der Waals surface area contributed by atoms with E-state index in [-0.39, 0.29) is 22.7 Å². The highest BCUT2D eigenvalue weighted by Crippen LogP contribution is 2.27. The van der Waals surface area contributed by atoms with E-state index in [1.54, 1.807) is 26.0 Å². The molecule has 1 aliphatic heterocycles. The van der Waals surface area contributed by atoms with Crippen LogP contribution in [0.1, 0.15) is 37.2 Å². The topological polar surface area (TPSA) is 59.5 Å². The zero-order valence-corrected chi connectivity index (χ0v) is 11.6. The van der Waals surface area contributed by atoms with Gasteiger partial charge in [-0.15, -0.1) is 0 Å². The van der Waals surface area contributed by atoms with Crippen molar-refractivity contribution in [3.8, 4) is 0 Å². The van der Waals surface area contributed by atoms with Crippen LogP contribution in [-0.4, -0.2) is 29.5 Å². The highest BCUT2D eigenvalue weighted by Gasteiger charge is 2.27. The van der Waals surface area contributed by atoms with Crippen molar-refractivity contribution in [3.05, 3.63) is 23.0 Å². The van der Waals surface area contributed by atoms with Crippen LogP contribution in [0.25, 0.3) is 0 Å². The first-order valence-electron chi connectivity index (χ1n) is 6.17. The summed E-state index contributed by atoms with van der Waals surface area (Å²) in [5, 5.41) is 0.242. The van der Waals surface area contributed by atoms with Crippen molar-refractivity contribution in [2.75, 3.05) is 11.4 Å². The molecule has 0 bridgehead atoms. The summed E-state index contributed by atoms with van der Waals surface area (Å²) in [5.41, 5.74) is 0.711. The number of rotatable bonds is 1. The van der Waals surface area contributed by atoms with E-state index in [9.17, 15) is 9.59 Å². The summed E-state index contributed by atoms with van der Waals surface area (Å²) >= 11 is 5.81. The van der Waals surface area contributed by atoms with Crippen LogP contribution >= 0.6 is 11.6 Å². The number of halogens is 1. The lowest BCUT2D eigenvalue weighted by molar-refractivity contribution is 0.0978. The summed E-state index contributed by atoms with van der Waals surface area (Å²) in [5.74, 6) is -0.0997. The van der Waals surface area contributed by atoms with E-state index >= 15 is 0 Å². The minimum atomic E-state index is -0.463. The Morgan fingerprint density at radius 3 is 2.89 bits per heavy atom. The summed E-state index contributed by atoms with van der Waals surface area (Å²) in [4.78, 5) is 29.5. The Balaban J connectivity index is 2.39. The molecule has 0 atom stereocenters. The Morgan fingerprint density at radius 2 is 2.21 bits per heavy atom. The lowest BCUT2D eigenvalue weighted by Crippen LogP contribution is -2.34. The molecule has 0 unspecified atom stereocenters. The number of hydrogen-bond donors (Lipinski definition) is 0. The van der Waals surface area contributed by atoms with Crippen LogP contribution in [0, 0.1) is 0 Å². The predicted octanol–water partition coefficient (Wildman–Crippen LogP) is 3.06. The van der Waals surface area contributed by atoms with Gasteiger partial charge in [-0.05, 0) is 32.4 Å². The molecule has 2 rings (SSSR count). The average Bonchev–Trinajstić information content (AvgIpc) is 2.48. The first kappa shape index (κ1) is 13.8. The molecule has 1 aromatic rings. The van der Waals surface area contributed by atoms with Crippen molar-refractivity contribution in [3.63, 3.8) is 0 Å². The molecule has 2 heterocycles. The lowest BCUT2D eigenvalue weighted by Gasteiger charge is -2.22.